The summed E-state index contributed by atoms with van der Waals surface area (Å²) in [4.78, 5) is 0. The molecule has 0 spiro atoms. The van der Waals surface area contributed by atoms with Crippen molar-refractivity contribution in [2.45, 2.75) is 104 Å². The molecule has 0 aromatic carbocycles. The minimum absolute atomic E-state index is 0. The molecule has 0 radical (unpaired) electrons. The summed E-state index contributed by atoms with van der Waals surface area (Å²) in [6.07, 6.45) is 22.3. The second kappa shape index (κ2) is 21.3. The van der Waals surface area contributed by atoms with Crippen molar-refractivity contribution in [3.8, 4) is 0 Å². The van der Waals surface area contributed by atoms with Crippen LogP contribution in [0.2, 0.25) is 0 Å². The van der Waals surface area contributed by atoms with E-state index in [0.29, 0.717) is 6.54 Å². The number of unbranched alkanes of at least 4 members (excludes halogenated alkanes) is 12. The van der Waals surface area contributed by atoms with Crippen LogP contribution in [0, 0.1) is 0 Å². The Bertz CT molecular complexity index is 433. The number of hydrogen-bond donors (Lipinski definition) is 0. The largest absolute Gasteiger partial charge is 1.00 e. The fraction of sp³-hybridized carbons (Fsp3) is 0.905. The third kappa shape index (κ3) is 19.7. The van der Waals surface area contributed by atoms with E-state index in [9.17, 15) is 8.42 Å². The standard InChI is InChI=1S/C21H43NO3S.Na.H/c1-4-6-7-8-9-10-11-12-13-14-15-16-17-18-19-20-21-22(3)26(23,24)25-5-2;;/h12-13H,4-11,14-21H2,1-3H3;;/q;+1;-1/b13-12-;;. The fourth-order valence-corrected chi connectivity index (χ4v) is 3.76. The van der Waals surface area contributed by atoms with E-state index in [2.05, 4.69) is 19.1 Å². The van der Waals surface area contributed by atoms with Gasteiger partial charge in [-0.25, -0.2) is 0 Å². The summed E-state index contributed by atoms with van der Waals surface area (Å²) in [7, 11) is -1.92. The molecule has 0 rings (SSSR count). The van der Waals surface area contributed by atoms with Crippen LogP contribution < -0.4 is 29.6 Å². The van der Waals surface area contributed by atoms with Gasteiger partial charge >= 0.3 is 39.9 Å². The summed E-state index contributed by atoms with van der Waals surface area (Å²) in [5, 5.41) is 0. The molecule has 0 saturated carbocycles. The van der Waals surface area contributed by atoms with Crippen LogP contribution in [0.25, 0.3) is 0 Å². The first kappa shape index (κ1) is 29.8. The molecule has 6 heteroatoms. The Morgan fingerprint density at radius 1 is 0.778 bits per heavy atom. The molecule has 0 fully saturated rings. The van der Waals surface area contributed by atoms with E-state index in [1.165, 1.54) is 81.4 Å². The topological polar surface area (TPSA) is 46.6 Å². The Balaban J connectivity index is -0.00000312. The molecule has 0 atom stereocenters. The van der Waals surface area contributed by atoms with Crippen LogP contribution in [0.5, 0.6) is 0 Å². The molecule has 0 aliphatic rings. The van der Waals surface area contributed by atoms with Crippen LogP contribution >= 0.6 is 0 Å². The fourth-order valence-electron chi connectivity index (χ4n) is 2.93. The third-order valence-electron chi connectivity index (χ3n) is 4.63. The maximum absolute atomic E-state index is 11.6. The quantitative estimate of drug-likeness (QED) is 0.185. The van der Waals surface area contributed by atoms with Gasteiger partial charge in [-0.1, -0.05) is 76.9 Å². The molecule has 0 aliphatic carbocycles. The van der Waals surface area contributed by atoms with E-state index in [0.717, 1.165) is 12.8 Å². The normalized spacial score (nSPS) is 12.0. The summed E-state index contributed by atoms with van der Waals surface area (Å²) in [5.74, 6) is 0. The van der Waals surface area contributed by atoms with Crippen molar-refractivity contribution in [1.82, 2.24) is 4.31 Å². The Kier molecular flexibility index (Phi) is 23.5. The minimum atomic E-state index is -3.51. The Morgan fingerprint density at radius 3 is 1.70 bits per heavy atom. The zero-order chi connectivity index (χ0) is 19.5. The van der Waals surface area contributed by atoms with Gasteiger partial charge in [-0.3, -0.25) is 4.18 Å². The summed E-state index contributed by atoms with van der Waals surface area (Å²) in [6, 6.07) is 0. The average molecular weight is 414 g/mol. The monoisotopic (exact) mass is 413 g/mol. The maximum atomic E-state index is 11.6. The average Bonchev–Trinajstić information content (AvgIpc) is 2.61. The van der Waals surface area contributed by atoms with Crippen molar-refractivity contribution in [1.29, 1.82) is 0 Å². The van der Waals surface area contributed by atoms with Crippen LogP contribution in [0.4, 0.5) is 0 Å². The SMILES string of the molecule is CCCCCCCC/C=C\CCCCCCCCN(C)S(=O)(=O)OCC.[H-].[Na+]. The molecule has 0 amide bonds. The molecule has 0 saturated heterocycles. The Morgan fingerprint density at radius 2 is 1.22 bits per heavy atom. The zero-order valence-electron chi connectivity index (χ0n) is 19.5. The molecule has 0 aromatic heterocycles. The molecule has 4 nitrogen and oxygen atoms in total. The summed E-state index contributed by atoms with van der Waals surface area (Å²) >= 11 is 0. The third-order valence-corrected chi connectivity index (χ3v) is 6.11. The van der Waals surface area contributed by atoms with Gasteiger partial charge in [0.15, 0.2) is 0 Å². The van der Waals surface area contributed by atoms with Crippen molar-refractivity contribution >= 4 is 10.3 Å². The molecule has 0 unspecified atom stereocenters. The minimum Gasteiger partial charge on any atom is -1.00 e. The van der Waals surface area contributed by atoms with Crippen LogP contribution in [0.1, 0.15) is 105 Å². The maximum Gasteiger partial charge on any atom is 1.00 e. The Hall–Kier alpha value is 0.610. The van der Waals surface area contributed by atoms with Gasteiger partial charge in [0.1, 0.15) is 0 Å². The molecular weight excluding hydrogens is 369 g/mol. The van der Waals surface area contributed by atoms with Crippen LogP contribution in [0.3, 0.4) is 0 Å². The van der Waals surface area contributed by atoms with Gasteiger partial charge in [-0.2, -0.15) is 12.7 Å². The van der Waals surface area contributed by atoms with E-state index < -0.39 is 10.3 Å². The number of nitrogens with zero attached hydrogens (tertiary/aromatic N) is 1. The van der Waals surface area contributed by atoms with Gasteiger partial charge in [0, 0.05) is 13.6 Å². The second-order valence-electron chi connectivity index (χ2n) is 7.12. The van der Waals surface area contributed by atoms with Gasteiger partial charge in [-0.05, 0) is 39.0 Å². The van der Waals surface area contributed by atoms with Crippen molar-refractivity contribution in [2.75, 3.05) is 20.2 Å². The van der Waals surface area contributed by atoms with Gasteiger partial charge in [0.2, 0.25) is 0 Å². The van der Waals surface area contributed by atoms with E-state index >= 15 is 0 Å². The van der Waals surface area contributed by atoms with E-state index in [4.69, 9.17) is 4.18 Å². The number of hydrogen-bond acceptors (Lipinski definition) is 3. The second-order valence-corrected chi connectivity index (χ2v) is 8.84. The molecular formula is C21H44NNaO3S. The van der Waals surface area contributed by atoms with Gasteiger partial charge in [-0.15, -0.1) is 0 Å². The molecule has 0 aromatic rings. The first-order valence-corrected chi connectivity index (χ1v) is 12.2. The predicted molar refractivity (Wildman–Crippen MR) is 114 cm³/mol. The van der Waals surface area contributed by atoms with Crippen molar-refractivity contribution < 1.29 is 43.6 Å². The molecule has 0 bridgehead atoms. The van der Waals surface area contributed by atoms with E-state index in [1.54, 1.807) is 14.0 Å². The zero-order valence-corrected chi connectivity index (χ0v) is 21.4. The van der Waals surface area contributed by atoms with Crippen molar-refractivity contribution in [2.24, 2.45) is 0 Å². The molecule has 0 heterocycles. The molecule has 0 N–H and O–H groups in total. The van der Waals surface area contributed by atoms with Crippen LogP contribution in [-0.2, 0) is 14.5 Å². The summed E-state index contributed by atoms with van der Waals surface area (Å²) < 4.78 is 29.3. The number of allylic oxidation sites excluding steroid dienone is 2. The first-order valence-electron chi connectivity index (χ1n) is 10.8. The van der Waals surface area contributed by atoms with E-state index in [-0.39, 0.29) is 37.6 Å². The van der Waals surface area contributed by atoms with Gasteiger partial charge < -0.3 is 1.43 Å². The van der Waals surface area contributed by atoms with Gasteiger partial charge in [0.25, 0.3) is 0 Å². The summed E-state index contributed by atoms with van der Waals surface area (Å²) in [6.45, 7) is 4.69. The van der Waals surface area contributed by atoms with Crippen LogP contribution in [0.15, 0.2) is 12.2 Å². The first-order chi connectivity index (χ1) is 12.5. The summed E-state index contributed by atoms with van der Waals surface area (Å²) in [5.41, 5.74) is 0. The molecule has 0 aliphatic heterocycles. The Labute approximate surface area is 193 Å². The van der Waals surface area contributed by atoms with E-state index in [1.807, 2.05) is 0 Å². The molecule has 158 valence electrons. The predicted octanol–water partition coefficient (Wildman–Crippen LogP) is 3.35. The molecule has 27 heavy (non-hydrogen) atoms. The van der Waals surface area contributed by atoms with Gasteiger partial charge in [0.05, 0.1) is 6.61 Å². The van der Waals surface area contributed by atoms with Crippen molar-refractivity contribution in [3.63, 3.8) is 0 Å². The van der Waals surface area contributed by atoms with Crippen molar-refractivity contribution in [3.05, 3.63) is 12.2 Å². The number of rotatable bonds is 19. The van der Waals surface area contributed by atoms with Crippen LogP contribution in [-0.4, -0.2) is 32.9 Å². The smallest absolute Gasteiger partial charge is 1.00 e.